The highest BCUT2D eigenvalue weighted by Crippen LogP contribution is 2.34. The second kappa shape index (κ2) is 5.57. The fraction of sp³-hybridized carbons (Fsp3) is 0.786. The third kappa shape index (κ3) is 3.04. The van der Waals surface area contributed by atoms with Gasteiger partial charge in [0.2, 0.25) is 0 Å². The molecule has 1 saturated heterocycles. The normalized spacial score (nSPS) is 19.2. The molecule has 0 radical (unpaired) electrons. The molecular formula is C14H25N3S. The van der Waals surface area contributed by atoms with E-state index in [1.165, 1.54) is 28.5 Å². The zero-order chi connectivity index (χ0) is 13.2. The molecule has 102 valence electrons. The van der Waals surface area contributed by atoms with Crippen LogP contribution in [-0.2, 0) is 13.0 Å². The molecule has 1 fully saturated rings. The van der Waals surface area contributed by atoms with Gasteiger partial charge in [0.15, 0.2) is 5.13 Å². The van der Waals surface area contributed by atoms with Gasteiger partial charge in [0.1, 0.15) is 0 Å². The minimum absolute atomic E-state index is 0.497. The molecule has 4 heteroatoms. The van der Waals surface area contributed by atoms with Crippen molar-refractivity contribution in [2.24, 2.45) is 11.1 Å². The minimum Gasteiger partial charge on any atom is -0.348 e. The van der Waals surface area contributed by atoms with Crippen molar-refractivity contribution in [3.05, 3.63) is 10.6 Å². The second-order valence-electron chi connectivity index (χ2n) is 5.97. The van der Waals surface area contributed by atoms with Crippen LogP contribution < -0.4 is 10.6 Å². The Kier molecular flexibility index (Phi) is 4.28. The summed E-state index contributed by atoms with van der Waals surface area (Å²) in [7, 11) is 0. The van der Waals surface area contributed by atoms with E-state index in [1.54, 1.807) is 11.3 Å². The summed E-state index contributed by atoms with van der Waals surface area (Å²) in [6.07, 6.45) is 4.72. The van der Waals surface area contributed by atoms with E-state index in [2.05, 4.69) is 25.7 Å². The standard InChI is InChI=1S/C14H25N3S/c1-4-5-11-12(10-15)18-13(16-11)17-8-6-14(2,3)7-9-17/h4-10,15H2,1-3H3. The van der Waals surface area contributed by atoms with Crippen molar-refractivity contribution >= 4 is 16.5 Å². The van der Waals surface area contributed by atoms with E-state index < -0.39 is 0 Å². The van der Waals surface area contributed by atoms with E-state index in [-0.39, 0.29) is 0 Å². The van der Waals surface area contributed by atoms with Gasteiger partial charge in [-0.15, -0.1) is 11.3 Å². The molecule has 0 amide bonds. The van der Waals surface area contributed by atoms with Crippen LogP contribution in [0, 0.1) is 5.41 Å². The molecule has 18 heavy (non-hydrogen) atoms. The number of hydrogen-bond donors (Lipinski definition) is 1. The van der Waals surface area contributed by atoms with Gasteiger partial charge >= 0.3 is 0 Å². The Hall–Kier alpha value is -0.610. The maximum atomic E-state index is 5.82. The second-order valence-corrected chi connectivity index (χ2v) is 7.03. The van der Waals surface area contributed by atoms with Gasteiger partial charge in [0.25, 0.3) is 0 Å². The van der Waals surface area contributed by atoms with Crippen LogP contribution in [0.5, 0.6) is 0 Å². The molecule has 1 aromatic rings. The number of aryl methyl sites for hydroxylation is 1. The molecule has 0 saturated carbocycles. The summed E-state index contributed by atoms with van der Waals surface area (Å²) < 4.78 is 0. The van der Waals surface area contributed by atoms with Gasteiger partial charge in [-0.2, -0.15) is 0 Å². The molecule has 2 rings (SSSR count). The molecule has 0 spiro atoms. The number of rotatable bonds is 4. The molecule has 2 heterocycles. The van der Waals surface area contributed by atoms with Crippen molar-refractivity contribution < 1.29 is 0 Å². The number of piperidine rings is 1. The lowest BCUT2D eigenvalue weighted by Crippen LogP contribution is -2.37. The Morgan fingerprint density at radius 3 is 2.56 bits per heavy atom. The quantitative estimate of drug-likeness (QED) is 0.911. The van der Waals surface area contributed by atoms with Crippen LogP contribution >= 0.6 is 11.3 Å². The molecule has 2 N–H and O–H groups in total. The fourth-order valence-corrected chi connectivity index (χ4v) is 3.44. The molecule has 0 unspecified atom stereocenters. The van der Waals surface area contributed by atoms with Crippen molar-refractivity contribution in [3.8, 4) is 0 Å². The van der Waals surface area contributed by atoms with Crippen LogP contribution in [0.15, 0.2) is 0 Å². The van der Waals surface area contributed by atoms with E-state index in [0.717, 1.165) is 25.9 Å². The van der Waals surface area contributed by atoms with Crippen molar-refractivity contribution in [3.63, 3.8) is 0 Å². The number of aromatic nitrogens is 1. The average Bonchev–Trinajstić information content (AvgIpc) is 2.73. The highest BCUT2D eigenvalue weighted by molar-refractivity contribution is 7.15. The predicted molar refractivity (Wildman–Crippen MR) is 79.2 cm³/mol. The Labute approximate surface area is 114 Å². The number of nitrogens with zero attached hydrogens (tertiary/aromatic N) is 2. The van der Waals surface area contributed by atoms with E-state index in [1.807, 2.05) is 0 Å². The maximum absolute atomic E-state index is 5.82. The van der Waals surface area contributed by atoms with Gasteiger partial charge in [-0.25, -0.2) is 4.98 Å². The summed E-state index contributed by atoms with van der Waals surface area (Å²) in [5, 5.41) is 1.19. The van der Waals surface area contributed by atoms with Gasteiger partial charge in [-0.05, 0) is 24.7 Å². The lowest BCUT2D eigenvalue weighted by molar-refractivity contribution is 0.279. The third-order valence-corrected chi connectivity index (χ3v) is 5.01. The van der Waals surface area contributed by atoms with Crippen molar-refractivity contribution in [1.29, 1.82) is 0 Å². The van der Waals surface area contributed by atoms with Gasteiger partial charge in [0, 0.05) is 24.5 Å². The number of nitrogens with two attached hydrogens (primary N) is 1. The van der Waals surface area contributed by atoms with E-state index in [0.29, 0.717) is 12.0 Å². The zero-order valence-electron chi connectivity index (χ0n) is 11.8. The first-order valence-electron chi connectivity index (χ1n) is 6.99. The highest BCUT2D eigenvalue weighted by atomic mass is 32.1. The summed E-state index contributed by atoms with van der Waals surface area (Å²) >= 11 is 1.80. The largest absolute Gasteiger partial charge is 0.348 e. The van der Waals surface area contributed by atoms with Crippen LogP contribution in [0.4, 0.5) is 5.13 Å². The van der Waals surface area contributed by atoms with Gasteiger partial charge in [0.05, 0.1) is 5.69 Å². The van der Waals surface area contributed by atoms with Crippen molar-refractivity contribution in [2.75, 3.05) is 18.0 Å². The topological polar surface area (TPSA) is 42.2 Å². The number of anilines is 1. The fourth-order valence-electron chi connectivity index (χ4n) is 2.40. The van der Waals surface area contributed by atoms with Crippen LogP contribution in [0.1, 0.15) is 50.6 Å². The molecule has 1 aromatic heterocycles. The monoisotopic (exact) mass is 267 g/mol. The first-order chi connectivity index (χ1) is 8.55. The van der Waals surface area contributed by atoms with Gasteiger partial charge in [-0.3, -0.25) is 0 Å². The Balaban J connectivity index is 2.09. The van der Waals surface area contributed by atoms with E-state index in [9.17, 15) is 0 Å². The lowest BCUT2D eigenvalue weighted by atomic mass is 9.83. The summed E-state index contributed by atoms with van der Waals surface area (Å²) in [6, 6.07) is 0. The molecule has 0 bridgehead atoms. The Morgan fingerprint density at radius 1 is 1.33 bits per heavy atom. The molecule has 0 atom stereocenters. The summed E-state index contributed by atoms with van der Waals surface area (Å²) in [6.45, 7) is 9.82. The lowest BCUT2D eigenvalue weighted by Gasteiger charge is -2.36. The first kappa shape index (κ1) is 13.8. The molecule has 3 nitrogen and oxygen atoms in total. The zero-order valence-corrected chi connectivity index (χ0v) is 12.6. The highest BCUT2D eigenvalue weighted by Gasteiger charge is 2.27. The Bertz CT molecular complexity index is 388. The molecular weight excluding hydrogens is 242 g/mol. The predicted octanol–water partition coefficient (Wildman–Crippen LogP) is 3.18. The van der Waals surface area contributed by atoms with E-state index >= 15 is 0 Å². The van der Waals surface area contributed by atoms with E-state index in [4.69, 9.17) is 10.7 Å². The van der Waals surface area contributed by atoms with Gasteiger partial charge < -0.3 is 10.6 Å². The Morgan fingerprint density at radius 2 is 2.00 bits per heavy atom. The van der Waals surface area contributed by atoms with Crippen molar-refractivity contribution in [2.45, 2.75) is 53.0 Å². The molecule has 1 aliphatic rings. The molecule has 0 aromatic carbocycles. The van der Waals surface area contributed by atoms with Crippen LogP contribution in [0.2, 0.25) is 0 Å². The van der Waals surface area contributed by atoms with Crippen LogP contribution in [-0.4, -0.2) is 18.1 Å². The molecule has 0 aliphatic carbocycles. The first-order valence-corrected chi connectivity index (χ1v) is 7.81. The average molecular weight is 267 g/mol. The van der Waals surface area contributed by atoms with Crippen LogP contribution in [0.3, 0.4) is 0 Å². The van der Waals surface area contributed by atoms with Crippen LogP contribution in [0.25, 0.3) is 0 Å². The third-order valence-electron chi connectivity index (χ3n) is 3.83. The molecule has 1 aliphatic heterocycles. The number of thiazole rings is 1. The van der Waals surface area contributed by atoms with Gasteiger partial charge in [-0.1, -0.05) is 27.2 Å². The SMILES string of the molecule is CCCc1nc(N2CCC(C)(C)CC2)sc1CN. The summed E-state index contributed by atoms with van der Waals surface area (Å²) in [5.74, 6) is 0. The summed E-state index contributed by atoms with van der Waals surface area (Å²) in [5.41, 5.74) is 7.54. The smallest absolute Gasteiger partial charge is 0.185 e. The van der Waals surface area contributed by atoms with Crippen molar-refractivity contribution in [1.82, 2.24) is 4.98 Å². The summed E-state index contributed by atoms with van der Waals surface area (Å²) in [4.78, 5) is 8.52. The number of hydrogen-bond acceptors (Lipinski definition) is 4. The minimum atomic E-state index is 0.497. The maximum Gasteiger partial charge on any atom is 0.185 e.